The Morgan fingerprint density at radius 1 is 0.375 bits per heavy atom. The van der Waals surface area contributed by atoms with Crippen LogP contribution in [0.25, 0.3) is 0 Å². The SMILES string of the molecule is [Th].c1cc[cH-]c1.c1cc[cH-]c1.c1cc[cH-]c1. The molecule has 3 aromatic rings. The molecular formula is C15H15Th-3. The maximum absolute atomic E-state index is 2.00. The molecule has 1 heteroatoms. The van der Waals surface area contributed by atoms with Crippen molar-refractivity contribution < 1.29 is 39.9 Å². The van der Waals surface area contributed by atoms with Gasteiger partial charge in [-0.2, -0.15) is 54.6 Å². The molecule has 0 amide bonds. The van der Waals surface area contributed by atoms with Gasteiger partial charge in [0.1, 0.15) is 0 Å². The van der Waals surface area contributed by atoms with Gasteiger partial charge in [0, 0.05) is 39.9 Å². The molecule has 0 aliphatic carbocycles. The standard InChI is InChI=1S/3C5H5.Th/c3*1-2-4-5-3-1;/h3*1-5H;/q3*-1;. The molecule has 0 aromatic heterocycles. The third-order valence-electron chi connectivity index (χ3n) is 1.67. The summed E-state index contributed by atoms with van der Waals surface area (Å²) in [5, 5.41) is 0. The number of rotatable bonds is 0. The van der Waals surface area contributed by atoms with Crippen LogP contribution in [-0.2, 0) is 0 Å². The van der Waals surface area contributed by atoms with Crippen molar-refractivity contribution in [3.05, 3.63) is 91.0 Å². The molecule has 0 N–H and O–H groups in total. The van der Waals surface area contributed by atoms with Crippen molar-refractivity contribution in [2.75, 3.05) is 0 Å². The second-order valence-corrected chi connectivity index (χ2v) is 2.89. The van der Waals surface area contributed by atoms with Crippen LogP contribution in [0.3, 0.4) is 0 Å². The van der Waals surface area contributed by atoms with E-state index in [1.54, 1.807) is 0 Å². The van der Waals surface area contributed by atoms with Gasteiger partial charge >= 0.3 is 0 Å². The van der Waals surface area contributed by atoms with Crippen molar-refractivity contribution in [2.45, 2.75) is 0 Å². The van der Waals surface area contributed by atoms with Crippen molar-refractivity contribution >= 4 is 0 Å². The fourth-order valence-electron chi connectivity index (χ4n) is 0.962. The molecule has 82 valence electrons. The van der Waals surface area contributed by atoms with Crippen LogP contribution in [0.1, 0.15) is 0 Å². The fraction of sp³-hybridized carbons (Fsp3) is 0. The minimum absolute atomic E-state index is 0. The summed E-state index contributed by atoms with van der Waals surface area (Å²) >= 11 is 0. The largest absolute Gasteiger partial charge is 0.214 e. The van der Waals surface area contributed by atoms with Crippen LogP contribution in [0.5, 0.6) is 0 Å². The number of hydrogen-bond acceptors (Lipinski definition) is 0. The van der Waals surface area contributed by atoms with E-state index >= 15 is 0 Å². The molecule has 0 nitrogen and oxygen atoms in total. The number of hydrogen-bond donors (Lipinski definition) is 0. The van der Waals surface area contributed by atoms with Crippen LogP contribution in [0, 0.1) is 39.9 Å². The molecule has 16 heavy (non-hydrogen) atoms. The zero-order chi connectivity index (χ0) is 10.6. The van der Waals surface area contributed by atoms with Crippen LogP contribution in [0.15, 0.2) is 91.0 Å². The van der Waals surface area contributed by atoms with Crippen molar-refractivity contribution in [3.8, 4) is 0 Å². The molecule has 3 aromatic carbocycles. The fourth-order valence-corrected chi connectivity index (χ4v) is 0.962. The molecule has 0 saturated carbocycles. The van der Waals surface area contributed by atoms with Gasteiger partial charge < -0.3 is 0 Å². The molecule has 0 aliphatic rings. The summed E-state index contributed by atoms with van der Waals surface area (Å²) in [7, 11) is 0. The van der Waals surface area contributed by atoms with E-state index in [9.17, 15) is 0 Å². The molecule has 3 rings (SSSR count). The second kappa shape index (κ2) is 12.4. The average Bonchev–Trinajstić information content (AvgIpc) is 3.09. The van der Waals surface area contributed by atoms with E-state index in [-0.39, 0.29) is 39.9 Å². The molecule has 0 radical (unpaired) electrons. The zero-order valence-corrected chi connectivity index (χ0v) is 13.3. The van der Waals surface area contributed by atoms with Gasteiger partial charge in [0.05, 0.1) is 0 Å². The van der Waals surface area contributed by atoms with Crippen molar-refractivity contribution in [3.63, 3.8) is 0 Å². The average molecular weight is 427 g/mol. The van der Waals surface area contributed by atoms with E-state index in [1.165, 1.54) is 0 Å². The first kappa shape index (κ1) is 15.4. The molecule has 0 aliphatic heterocycles. The summed E-state index contributed by atoms with van der Waals surface area (Å²) in [6.07, 6.45) is 0. The summed E-state index contributed by atoms with van der Waals surface area (Å²) in [4.78, 5) is 0. The molecule has 0 fully saturated rings. The predicted octanol–water partition coefficient (Wildman–Crippen LogP) is 4.22. The molecule has 0 saturated heterocycles. The summed E-state index contributed by atoms with van der Waals surface area (Å²) in [5.41, 5.74) is 0. The van der Waals surface area contributed by atoms with E-state index in [1.807, 2.05) is 91.0 Å². The van der Waals surface area contributed by atoms with Crippen LogP contribution in [-0.4, -0.2) is 0 Å². The first-order valence-electron chi connectivity index (χ1n) is 5.00. The van der Waals surface area contributed by atoms with Crippen LogP contribution >= 0.6 is 0 Å². The van der Waals surface area contributed by atoms with Gasteiger partial charge in [-0.15, -0.1) is 0 Å². The van der Waals surface area contributed by atoms with Gasteiger partial charge in [0.2, 0.25) is 0 Å². The first-order chi connectivity index (χ1) is 7.50. The van der Waals surface area contributed by atoms with Gasteiger partial charge in [0.15, 0.2) is 0 Å². The van der Waals surface area contributed by atoms with Crippen LogP contribution in [0.4, 0.5) is 0 Å². The monoisotopic (exact) mass is 427 g/mol. The second-order valence-electron chi connectivity index (χ2n) is 2.89. The van der Waals surface area contributed by atoms with Gasteiger partial charge in [-0.05, 0) is 0 Å². The van der Waals surface area contributed by atoms with E-state index in [0.29, 0.717) is 0 Å². The molecule has 0 unspecified atom stereocenters. The maximum Gasteiger partial charge on any atom is 0 e. The van der Waals surface area contributed by atoms with E-state index in [0.717, 1.165) is 0 Å². The summed E-state index contributed by atoms with van der Waals surface area (Å²) < 4.78 is 0. The van der Waals surface area contributed by atoms with E-state index in [2.05, 4.69) is 0 Å². The zero-order valence-electron chi connectivity index (χ0n) is 9.16. The molecular weight excluding hydrogens is 412 g/mol. The minimum atomic E-state index is 0. The summed E-state index contributed by atoms with van der Waals surface area (Å²) in [6.45, 7) is 0. The normalized spacial score (nSPS) is 7.50. The molecule has 0 heterocycles. The molecule has 0 bridgehead atoms. The van der Waals surface area contributed by atoms with E-state index in [4.69, 9.17) is 0 Å². The Hall–Kier alpha value is -0.625. The van der Waals surface area contributed by atoms with Crippen molar-refractivity contribution in [1.29, 1.82) is 0 Å². The topological polar surface area (TPSA) is 0 Å². The molecule has 0 atom stereocenters. The quantitative estimate of drug-likeness (QED) is 0.472. The van der Waals surface area contributed by atoms with E-state index < -0.39 is 0 Å². The Morgan fingerprint density at radius 3 is 0.625 bits per heavy atom. The van der Waals surface area contributed by atoms with Crippen molar-refractivity contribution in [1.82, 2.24) is 0 Å². The van der Waals surface area contributed by atoms with Gasteiger partial charge in [-0.1, -0.05) is 0 Å². The Kier molecular flexibility index (Phi) is 12.0. The third-order valence-corrected chi connectivity index (χ3v) is 1.67. The smallest absolute Gasteiger partial charge is 0 e. The van der Waals surface area contributed by atoms with Gasteiger partial charge in [-0.3, -0.25) is 0 Å². The Balaban J connectivity index is 0.000000205. The Morgan fingerprint density at radius 2 is 0.562 bits per heavy atom. The van der Waals surface area contributed by atoms with Gasteiger partial charge in [-0.25, -0.2) is 36.4 Å². The van der Waals surface area contributed by atoms with Crippen LogP contribution < -0.4 is 0 Å². The molecule has 0 spiro atoms. The predicted molar refractivity (Wildman–Crippen MR) is 66.1 cm³/mol. The van der Waals surface area contributed by atoms with Gasteiger partial charge in [0.25, 0.3) is 0 Å². The Labute approximate surface area is 130 Å². The summed E-state index contributed by atoms with van der Waals surface area (Å²) in [6, 6.07) is 30.0. The summed E-state index contributed by atoms with van der Waals surface area (Å²) in [5.74, 6) is 0. The minimum Gasteiger partial charge on any atom is -0.214 e. The van der Waals surface area contributed by atoms with Crippen LogP contribution in [0.2, 0.25) is 0 Å². The van der Waals surface area contributed by atoms with Crippen molar-refractivity contribution in [2.24, 2.45) is 0 Å². The first-order valence-corrected chi connectivity index (χ1v) is 5.00. The third kappa shape index (κ3) is 9.91. The Bertz CT molecular complexity index is 237. The maximum atomic E-state index is 2.00.